The molecule has 0 unspecified atom stereocenters. The van der Waals surface area contributed by atoms with Crippen molar-refractivity contribution in [2.24, 2.45) is 0 Å². The van der Waals surface area contributed by atoms with Crippen molar-refractivity contribution >= 4 is 22.8 Å². The largest absolute Gasteiger partial charge is 0.468 e. The van der Waals surface area contributed by atoms with Crippen LogP contribution in [0.2, 0.25) is 0 Å². The van der Waals surface area contributed by atoms with Gasteiger partial charge >= 0.3 is 12.1 Å². The number of benzene rings is 2. The second kappa shape index (κ2) is 9.42. The molecule has 1 aliphatic rings. The van der Waals surface area contributed by atoms with E-state index in [0.717, 1.165) is 23.0 Å². The smallest absolute Gasteiger partial charge is 0.416 e. The van der Waals surface area contributed by atoms with Crippen molar-refractivity contribution < 1.29 is 27.5 Å². The lowest BCUT2D eigenvalue weighted by Gasteiger charge is -2.22. The van der Waals surface area contributed by atoms with Gasteiger partial charge in [0.1, 0.15) is 6.04 Å². The molecule has 1 aromatic heterocycles. The van der Waals surface area contributed by atoms with E-state index in [1.54, 1.807) is 6.07 Å². The third-order valence-electron chi connectivity index (χ3n) is 5.97. The van der Waals surface area contributed by atoms with Gasteiger partial charge in [-0.05, 0) is 43.2 Å². The summed E-state index contributed by atoms with van der Waals surface area (Å²) >= 11 is 0. The van der Waals surface area contributed by atoms with Crippen LogP contribution in [0, 0.1) is 6.92 Å². The molecule has 9 heteroatoms. The quantitative estimate of drug-likeness (QED) is 0.568. The number of pyridine rings is 1. The highest BCUT2D eigenvalue weighted by Crippen LogP contribution is 2.30. The molecule has 178 valence electrons. The lowest BCUT2D eigenvalue weighted by Crippen LogP contribution is -2.37. The van der Waals surface area contributed by atoms with Crippen molar-refractivity contribution in [2.75, 3.05) is 13.7 Å². The molecule has 0 radical (unpaired) electrons. The maximum absolute atomic E-state index is 13.1. The van der Waals surface area contributed by atoms with Crippen molar-refractivity contribution in [1.29, 1.82) is 0 Å². The third-order valence-corrected chi connectivity index (χ3v) is 5.97. The topological polar surface area (TPSA) is 71.5 Å². The number of halogens is 3. The van der Waals surface area contributed by atoms with Crippen molar-refractivity contribution in [1.82, 2.24) is 15.2 Å². The van der Waals surface area contributed by atoms with Crippen LogP contribution in [0.25, 0.3) is 10.9 Å². The Balaban J connectivity index is 1.51. The molecule has 4 rings (SSSR count). The van der Waals surface area contributed by atoms with E-state index in [-0.39, 0.29) is 18.5 Å². The SMILES string of the molecule is COC(=O)[C@@H]1C[C@H](NC(=O)c2cc(C)nc3ccccc23)CN1Cc1ccc(C(F)(F)F)cc1. The number of hydrogen-bond acceptors (Lipinski definition) is 5. The summed E-state index contributed by atoms with van der Waals surface area (Å²) in [6, 6.07) is 13.0. The van der Waals surface area contributed by atoms with Crippen LogP contribution < -0.4 is 5.32 Å². The van der Waals surface area contributed by atoms with Crippen molar-refractivity contribution in [3.8, 4) is 0 Å². The highest BCUT2D eigenvalue weighted by molar-refractivity contribution is 6.06. The summed E-state index contributed by atoms with van der Waals surface area (Å²) in [6.07, 6.45) is -4.08. The maximum Gasteiger partial charge on any atom is 0.416 e. The van der Waals surface area contributed by atoms with Gasteiger partial charge in [-0.3, -0.25) is 19.5 Å². The second-order valence-corrected chi connectivity index (χ2v) is 8.40. The zero-order chi connectivity index (χ0) is 24.5. The Morgan fingerprint density at radius 2 is 1.85 bits per heavy atom. The lowest BCUT2D eigenvalue weighted by molar-refractivity contribution is -0.146. The first-order chi connectivity index (χ1) is 16.2. The number of methoxy groups -OCH3 is 1. The van der Waals surface area contributed by atoms with Gasteiger partial charge in [0.05, 0.1) is 23.8 Å². The van der Waals surface area contributed by atoms with E-state index in [2.05, 4.69) is 10.3 Å². The first-order valence-corrected chi connectivity index (χ1v) is 10.8. The van der Waals surface area contributed by atoms with Gasteiger partial charge in [-0.1, -0.05) is 30.3 Å². The Labute approximate surface area is 194 Å². The molecule has 2 heterocycles. The molecule has 3 aromatic rings. The first kappa shape index (κ1) is 23.7. The van der Waals surface area contributed by atoms with Crippen LogP contribution in [-0.4, -0.2) is 47.5 Å². The number of carbonyl (C=O) groups excluding carboxylic acids is 2. The number of nitrogens with zero attached hydrogens (tertiary/aromatic N) is 2. The predicted molar refractivity (Wildman–Crippen MR) is 120 cm³/mol. The highest BCUT2D eigenvalue weighted by Gasteiger charge is 2.38. The van der Waals surface area contributed by atoms with E-state index >= 15 is 0 Å². The molecule has 1 aliphatic heterocycles. The number of carbonyl (C=O) groups is 2. The summed E-state index contributed by atoms with van der Waals surface area (Å²) < 4.78 is 43.5. The van der Waals surface area contributed by atoms with E-state index < -0.39 is 23.8 Å². The molecule has 1 amide bonds. The monoisotopic (exact) mass is 471 g/mol. The number of esters is 1. The van der Waals surface area contributed by atoms with Crippen LogP contribution in [0.3, 0.4) is 0 Å². The second-order valence-electron chi connectivity index (χ2n) is 8.40. The minimum atomic E-state index is -4.41. The Bertz CT molecular complexity index is 1210. The zero-order valence-electron chi connectivity index (χ0n) is 18.7. The summed E-state index contributed by atoms with van der Waals surface area (Å²) in [5.74, 6) is -0.722. The van der Waals surface area contributed by atoms with E-state index in [4.69, 9.17) is 4.74 Å². The standard InChI is InChI=1S/C25H24F3N3O3/c1-15-11-20(19-5-3-4-6-21(19)29-15)23(32)30-18-12-22(24(33)34-2)31(14-18)13-16-7-9-17(10-8-16)25(26,27)28/h3-11,18,22H,12-14H2,1-2H3,(H,30,32)/t18-,22-/m0/s1. The molecule has 1 N–H and O–H groups in total. The number of likely N-dealkylation sites (tertiary alicyclic amines) is 1. The molecular weight excluding hydrogens is 447 g/mol. The predicted octanol–water partition coefficient (Wildman–Crippen LogP) is 4.11. The average molecular weight is 471 g/mol. The highest BCUT2D eigenvalue weighted by atomic mass is 19.4. The number of aromatic nitrogens is 1. The van der Waals surface area contributed by atoms with Crippen molar-refractivity contribution in [3.63, 3.8) is 0 Å². The van der Waals surface area contributed by atoms with E-state index in [0.29, 0.717) is 29.8 Å². The van der Waals surface area contributed by atoms with Gasteiger partial charge in [-0.25, -0.2) is 0 Å². The number of nitrogens with one attached hydrogen (secondary N) is 1. The Kier molecular flexibility index (Phi) is 6.56. The van der Waals surface area contributed by atoms with Gasteiger partial charge in [0.25, 0.3) is 5.91 Å². The number of aryl methyl sites for hydroxylation is 1. The number of hydrogen-bond donors (Lipinski definition) is 1. The summed E-state index contributed by atoms with van der Waals surface area (Å²) in [5, 5.41) is 3.73. The number of rotatable bonds is 5. The molecule has 0 spiro atoms. The van der Waals surface area contributed by atoms with Gasteiger partial charge in [0.15, 0.2) is 0 Å². The molecule has 0 aliphatic carbocycles. The molecule has 1 fully saturated rings. The molecule has 2 atom stereocenters. The van der Waals surface area contributed by atoms with Crippen LogP contribution >= 0.6 is 0 Å². The number of amides is 1. The minimum absolute atomic E-state index is 0.252. The normalized spacial score (nSPS) is 18.7. The molecule has 0 bridgehead atoms. The van der Waals surface area contributed by atoms with Gasteiger partial charge in [0, 0.05) is 30.2 Å². The summed E-state index contributed by atoms with van der Waals surface area (Å²) in [6.45, 7) is 2.42. The fraction of sp³-hybridized carbons (Fsp3) is 0.320. The fourth-order valence-electron chi connectivity index (χ4n) is 4.36. The average Bonchev–Trinajstić information content (AvgIpc) is 3.19. The van der Waals surface area contributed by atoms with Gasteiger partial charge < -0.3 is 10.1 Å². The van der Waals surface area contributed by atoms with E-state index in [1.807, 2.05) is 36.1 Å². The fourth-order valence-corrected chi connectivity index (χ4v) is 4.36. The van der Waals surface area contributed by atoms with Crippen LogP contribution in [0.4, 0.5) is 13.2 Å². The van der Waals surface area contributed by atoms with Crippen LogP contribution in [0.5, 0.6) is 0 Å². The third kappa shape index (κ3) is 5.04. The summed E-state index contributed by atoms with van der Waals surface area (Å²) in [5.41, 5.74) is 1.83. The first-order valence-electron chi connectivity index (χ1n) is 10.8. The Hall–Kier alpha value is -3.46. The van der Waals surface area contributed by atoms with E-state index in [9.17, 15) is 22.8 Å². The van der Waals surface area contributed by atoms with E-state index in [1.165, 1.54) is 19.2 Å². The van der Waals surface area contributed by atoms with Crippen molar-refractivity contribution in [2.45, 2.75) is 38.1 Å². The number of alkyl halides is 3. The Morgan fingerprint density at radius 3 is 2.53 bits per heavy atom. The molecule has 2 aromatic carbocycles. The van der Waals surface area contributed by atoms with Crippen LogP contribution in [-0.2, 0) is 22.3 Å². The molecule has 34 heavy (non-hydrogen) atoms. The van der Waals surface area contributed by atoms with Crippen LogP contribution in [0.15, 0.2) is 54.6 Å². The maximum atomic E-state index is 13.1. The number of para-hydroxylation sites is 1. The summed E-state index contributed by atoms with van der Waals surface area (Å²) in [4.78, 5) is 31.8. The van der Waals surface area contributed by atoms with Crippen molar-refractivity contribution in [3.05, 3.63) is 77.0 Å². The minimum Gasteiger partial charge on any atom is -0.468 e. The number of fused-ring (bicyclic) bond motifs is 1. The zero-order valence-corrected chi connectivity index (χ0v) is 18.7. The Morgan fingerprint density at radius 1 is 1.15 bits per heavy atom. The van der Waals surface area contributed by atoms with Crippen LogP contribution in [0.1, 0.15) is 33.6 Å². The molecular formula is C25H24F3N3O3. The van der Waals surface area contributed by atoms with Gasteiger partial charge in [0.2, 0.25) is 0 Å². The van der Waals surface area contributed by atoms with Gasteiger partial charge in [-0.2, -0.15) is 13.2 Å². The lowest BCUT2D eigenvalue weighted by atomic mass is 10.1. The summed E-state index contributed by atoms with van der Waals surface area (Å²) in [7, 11) is 1.29. The molecule has 6 nitrogen and oxygen atoms in total. The number of ether oxygens (including phenoxy) is 1. The molecule has 1 saturated heterocycles. The van der Waals surface area contributed by atoms with Gasteiger partial charge in [-0.15, -0.1) is 0 Å². The molecule has 0 saturated carbocycles.